The van der Waals surface area contributed by atoms with Gasteiger partial charge in [-0.1, -0.05) is 66.7 Å². The number of H-pyrrole nitrogens is 2. The minimum absolute atomic E-state index is 0.00920. The fourth-order valence-electron chi connectivity index (χ4n) is 5.81. The van der Waals surface area contributed by atoms with E-state index in [0.717, 1.165) is 27.4 Å². The Balaban J connectivity index is 1.34. The molecule has 0 fully saturated rings. The third-order valence-electron chi connectivity index (χ3n) is 8.45. The number of amides is 5. The van der Waals surface area contributed by atoms with Crippen molar-refractivity contribution in [3.05, 3.63) is 108 Å². The molecule has 52 heavy (non-hydrogen) atoms. The highest BCUT2D eigenvalue weighted by atomic mass is 16.4. The van der Waals surface area contributed by atoms with Crippen molar-refractivity contribution in [2.75, 3.05) is 19.6 Å². The minimum atomic E-state index is -1.24. The van der Waals surface area contributed by atoms with Gasteiger partial charge in [0, 0.05) is 53.5 Å². The van der Waals surface area contributed by atoms with Gasteiger partial charge in [0.15, 0.2) is 0 Å². The summed E-state index contributed by atoms with van der Waals surface area (Å²) in [5.41, 5.74) is 9.10. The van der Waals surface area contributed by atoms with Crippen LogP contribution in [0.4, 0.5) is 0 Å². The summed E-state index contributed by atoms with van der Waals surface area (Å²) in [4.78, 5) is 83.3. The van der Waals surface area contributed by atoms with Crippen LogP contribution in [0.3, 0.4) is 0 Å². The molecule has 0 spiro atoms. The monoisotopic (exact) mass is 708 g/mol. The molecule has 270 valence electrons. The number of carboxylic acid groups (broad SMARTS) is 1. The van der Waals surface area contributed by atoms with E-state index in [-0.39, 0.29) is 25.8 Å². The van der Waals surface area contributed by atoms with Crippen molar-refractivity contribution in [2.45, 2.75) is 37.4 Å². The number of benzene rings is 3. The van der Waals surface area contributed by atoms with Crippen molar-refractivity contribution in [2.24, 2.45) is 5.73 Å². The molecule has 0 bridgehead atoms. The summed E-state index contributed by atoms with van der Waals surface area (Å²) >= 11 is 0. The zero-order valence-electron chi connectivity index (χ0n) is 28.1. The highest BCUT2D eigenvalue weighted by molar-refractivity contribution is 5.96. The molecular weight excluding hydrogens is 668 g/mol. The molecule has 0 radical (unpaired) electrons. The number of para-hydroxylation sites is 2. The van der Waals surface area contributed by atoms with Crippen molar-refractivity contribution in [1.29, 1.82) is 0 Å². The second-order valence-corrected chi connectivity index (χ2v) is 12.2. The van der Waals surface area contributed by atoms with E-state index in [0.29, 0.717) is 11.1 Å². The van der Waals surface area contributed by atoms with Gasteiger partial charge in [-0.2, -0.15) is 0 Å². The van der Waals surface area contributed by atoms with Gasteiger partial charge in [0.05, 0.1) is 19.6 Å². The number of nitrogens with one attached hydrogen (secondary N) is 7. The molecule has 15 heteroatoms. The zero-order chi connectivity index (χ0) is 37.0. The van der Waals surface area contributed by atoms with Gasteiger partial charge in [-0.15, -0.1) is 0 Å². The SMILES string of the molecule is NCC(=O)NCC(=O)N[C@@H](Cc1c[nH]c2ccccc12)C(=O)N[C@@H](Cc1c[nH]c2ccccc12)C(=O)NCC(=O)N[C@@H](Cc1ccccc1)C(=O)O. The smallest absolute Gasteiger partial charge is 0.326 e. The quantitative estimate of drug-likeness (QED) is 0.0654. The lowest BCUT2D eigenvalue weighted by molar-refractivity contribution is -0.141. The van der Waals surface area contributed by atoms with E-state index in [4.69, 9.17) is 5.73 Å². The lowest BCUT2D eigenvalue weighted by Crippen LogP contribution is -2.57. The van der Waals surface area contributed by atoms with Crippen molar-refractivity contribution in [1.82, 2.24) is 36.6 Å². The summed E-state index contributed by atoms with van der Waals surface area (Å²) in [5, 5.41) is 24.1. The van der Waals surface area contributed by atoms with Crippen molar-refractivity contribution in [3.8, 4) is 0 Å². The maximum atomic E-state index is 14.0. The van der Waals surface area contributed by atoms with Gasteiger partial charge in [-0.05, 0) is 28.8 Å². The molecule has 2 aromatic heterocycles. The molecule has 2 heterocycles. The first kappa shape index (κ1) is 36.8. The van der Waals surface area contributed by atoms with Gasteiger partial charge in [0.1, 0.15) is 18.1 Å². The van der Waals surface area contributed by atoms with E-state index in [9.17, 15) is 33.9 Å². The third kappa shape index (κ3) is 9.82. The predicted molar refractivity (Wildman–Crippen MR) is 193 cm³/mol. The van der Waals surface area contributed by atoms with Crippen LogP contribution in [0.25, 0.3) is 21.8 Å². The van der Waals surface area contributed by atoms with Gasteiger partial charge in [-0.25, -0.2) is 4.79 Å². The number of nitrogens with two attached hydrogens (primary N) is 1. The first-order valence-electron chi connectivity index (χ1n) is 16.6. The highest BCUT2D eigenvalue weighted by Gasteiger charge is 2.29. The molecule has 0 aliphatic rings. The van der Waals surface area contributed by atoms with E-state index in [1.54, 1.807) is 42.7 Å². The average Bonchev–Trinajstić information content (AvgIpc) is 3.76. The molecule has 0 saturated heterocycles. The number of hydrogen-bond acceptors (Lipinski definition) is 7. The Bertz CT molecular complexity index is 2060. The molecule has 0 unspecified atom stereocenters. The fraction of sp³-hybridized carbons (Fsp3) is 0.243. The van der Waals surface area contributed by atoms with Gasteiger partial charge in [0.2, 0.25) is 29.5 Å². The van der Waals surface area contributed by atoms with Crippen LogP contribution in [-0.2, 0) is 48.0 Å². The molecule has 5 amide bonds. The summed E-state index contributed by atoms with van der Waals surface area (Å²) in [6.45, 7) is -1.31. The molecule has 15 nitrogen and oxygen atoms in total. The molecule has 3 aromatic carbocycles. The van der Waals surface area contributed by atoms with Gasteiger partial charge in [-0.3, -0.25) is 24.0 Å². The molecule has 0 aliphatic heterocycles. The number of aliphatic carboxylic acids is 1. The van der Waals surface area contributed by atoms with Crippen LogP contribution in [-0.4, -0.2) is 88.3 Å². The number of hydrogen-bond donors (Lipinski definition) is 9. The van der Waals surface area contributed by atoms with Crippen LogP contribution in [0, 0.1) is 0 Å². The van der Waals surface area contributed by atoms with E-state index in [1.165, 1.54) is 0 Å². The van der Waals surface area contributed by atoms with Gasteiger partial charge in [0.25, 0.3) is 0 Å². The minimum Gasteiger partial charge on any atom is -0.480 e. The first-order valence-corrected chi connectivity index (χ1v) is 16.6. The Labute approximate surface area is 298 Å². The Morgan fingerprint density at radius 1 is 0.577 bits per heavy atom. The Morgan fingerprint density at radius 2 is 1.08 bits per heavy atom. The summed E-state index contributed by atoms with van der Waals surface area (Å²) < 4.78 is 0. The molecule has 3 atom stereocenters. The third-order valence-corrected chi connectivity index (χ3v) is 8.45. The van der Waals surface area contributed by atoms with E-state index < -0.39 is 66.7 Å². The van der Waals surface area contributed by atoms with E-state index in [2.05, 4.69) is 36.6 Å². The summed E-state index contributed by atoms with van der Waals surface area (Å²) in [5.74, 6) is -4.59. The number of carboxylic acids is 1. The number of aromatic nitrogens is 2. The largest absolute Gasteiger partial charge is 0.480 e. The maximum Gasteiger partial charge on any atom is 0.326 e. The van der Waals surface area contributed by atoms with Gasteiger partial charge < -0.3 is 47.4 Å². The lowest BCUT2D eigenvalue weighted by atomic mass is 10.0. The second-order valence-electron chi connectivity index (χ2n) is 12.2. The van der Waals surface area contributed by atoms with Crippen LogP contribution >= 0.6 is 0 Å². The summed E-state index contributed by atoms with van der Waals surface area (Å²) in [6, 6.07) is 20.0. The molecule has 0 aliphatic carbocycles. The van der Waals surface area contributed by atoms with E-state index in [1.807, 2.05) is 48.5 Å². The van der Waals surface area contributed by atoms with Crippen LogP contribution in [0.15, 0.2) is 91.3 Å². The number of fused-ring (bicyclic) bond motifs is 2. The van der Waals surface area contributed by atoms with Crippen LogP contribution in [0.5, 0.6) is 0 Å². The normalized spacial score (nSPS) is 12.7. The Kier molecular flexibility index (Phi) is 12.3. The van der Waals surface area contributed by atoms with Crippen molar-refractivity contribution >= 4 is 57.3 Å². The Hall–Kier alpha value is -6.48. The standard InChI is InChI=1S/C37H40N8O7/c38-17-32(46)41-20-33(47)43-30(16-24-19-40-28-13-7-5-11-26(24)28)36(50)45-29(15-23-18-39-27-12-6-4-10-25(23)27)35(49)42-21-34(48)44-31(37(51)52)14-22-8-2-1-3-9-22/h1-13,18-19,29-31,39-40H,14-17,20-21,38H2,(H,41,46)(H,42,49)(H,43,47)(H,44,48)(H,45,50)(H,51,52)/t29-,30-,31-/m0/s1. The molecule has 5 aromatic rings. The zero-order valence-corrected chi connectivity index (χ0v) is 28.1. The maximum absolute atomic E-state index is 14.0. The summed E-state index contributed by atoms with van der Waals surface area (Å²) in [7, 11) is 0. The van der Waals surface area contributed by atoms with Crippen LogP contribution in [0.1, 0.15) is 16.7 Å². The molecular formula is C37H40N8O7. The molecule has 5 rings (SSSR count). The number of aromatic amines is 2. The Morgan fingerprint density at radius 3 is 1.63 bits per heavy atom. The fourth-order valence-corrected chi connectivity index (χ4v) is 5.81. The van der Waals surface area contributed by atoms with Crippen molar-refractivity contribution < 1.29 is 33.9 Å². The van der Waals surface area contributed by atoms with Crippen LogP contribution in [0.2, 0.25) is 0 Å². The van der Waals surface area contributed by atoms with E-state index >= 15 is 0 Å². The van der Waals surface area contributed by atoms with Crippen molar-refractivity contribution in [3.63, 3.8) is 0 Å². The second kappa shape index (κ2) is 17.4. The average molecular weight is 709 g/mol. The molecule has 0 saturated carbocycles. The van der Waals surface area contributed by atoms with Gasteiger partial charge >= 0.3 is 5.97 Å². The summed E-state index contributed by atoms with van der Waals surface area (Å²) in [6.07, 6.45) is 3.53. The first-order chi connectivity index (χ1) is 25.1. The number of carbonyl (C=O) groups is 6. The number of rotatable bonds is 17. The van der Waals surface area contributed by atoms with Crippen LogP contribution < -0.4 is 32.3 Å². The lowest BCUT2D eigenvalue weighted by Gasteiger charge is -2.23. The molecule has 10 N–H and O–H groups in total. The predicted octanol–water partition coefficient (Wildman–Crippen LogP) is 0.407. The number of carbonyl (C=O) groups excluding carboxylic acids is 5. The highest BCUT2D eigenvalue weighted by Crippen LogP contribution is 2.21. The topological polar surface area (TPSA) is 240 Å².